The second-order valence-corrected chi connectivity index (χ2v) is 10.4. The van der Waals surface area contributed by atoms with Gasteiger partial charge in [-0.15, -0.1) is 5.06 Å². The third kappa shape index (κ3) is 9.92. The number of carboxylic acid groups (broad SMARTS) is 2. The van der Waals surface area contributed by atoms with Crippen molar-refractivity contribution >= 4 is 35.8 Å². The highest BCUT2D eigenvalue weighted by Crippen LogP contribution is 2.20. The zero-order valence-electron chi connectivity index (χ0n) is 25.1. The van der Waals surface area contributed by atoms with Crippen LogP contribution < -0.4 is 15.4 Å². The summed E-state index contributed by atoms with van der Waals surface area (Å²) >= 11 is 0. The van der Waals surface area contributed by atoms with E-state index < -0.39 is 60.4 Å². The monoisotopic (exact) mass is 632 g/mol. The van der Waals surface area contributed by atoms with Crippen LogP contribution in [0.3, 0.4) is 0 Å². The topological polar surface area (TPSA) is 219 Å². The van der Waals surface area contributed by atoms with E-state index in [0.29, 0.717) is 5.69 Å². The average Bonchev–Trinajstić information content (AvgIpc) is 3.43. The number of benzene rings is 1. The molecule has 0 unspecified atom stereocenters. The van der Waals surface area contributed by atoms with E-state index in [9.17, 15) is 39.0 Å². The summed E-state index contributed by atoms with van der Waals surface area (Å²) in [6.07, 6.45) is -1.48. The Labute approximate surface area is 257 Å². The van der Waals surface area contributed by atoms with Crippen LogP contribution in [0.4, 0.5) is 4.79 Å². The van der Waals surface area contributed by atoms with Gasteiger partial charge in [-0.1, -0.05) is 18.2 Å². The molecule has 1 saturated heterocycles. The van der Waals surface area contributed by atoms with Crippen molar-refractivity contribution in [3.63, 3.8) is 0 Å². The molecule has 0 radical (unpaired) electrons. The second-order valence-electron chi connectivity index (χ2n) is 10.4. The fourth-order valence-electron chi connectivity index (χ4n) is 4.14. The maximum absolute atomic E-state index is 13.4. The number of hydrogen-bond donors (Lipinski definition) is 4. The number of aromatic nitrogens is 2. The minimum Gasteiger partial charge on any atom is -0.481 e. The summed E-state index contributed by atoms with van der Waals surface area (Å²) in [6, 6.07) is 8.52. The Balaban J connectivity index is 1.75. The van der Waals surface area contributed by atoms with Crippen LogP contribution in [0.2, 0.25) is 0 Å². The van der Waals surface area contributed by atoms with Gasteiger partial charge in [0, 0.05) is 25.6 Å². The van der Waals surface area contributed by atoms with Gasteiger partial charge in [0.1, 0.15) is 11.6 Å². The Kier molecular flexibility index (Phi) is 11.8. The van der Waals surface area contributed by atoms with E-state index in [0.717, 1.165) is 0 Å². The second kappa shape index (κ2) is 15.5. The van der Waals surface area contributed by atoms with Gasteiger partial charge in [0.05, 0.1) is 25.4 Å². The number of carbonyl (C=O) groups excluding carboxylic acids is 4. The molecule has 1 atom stereocenters. The van der Waals surface area contributed by atoms with Gasteiger partial charge in [0.2, 0.25) is 11.8 Å². The number of carbonyl (C=O) groups is 6. The molecule has 2 heterocycles. The van der Waals surface area contributed by atoms with E-state index >= 15 is 0 Å². The van der Waals surface area contributed by atoms with Gasteiger partial charge in [0.25, 0.3) is 11.8 Å². The van der Waals surface area contributed by atoms with E-state index in [2.05, 4.69) is 15.7 Å². The van der Waals surface area contributed by atoms with Gasteiger partial charge in [0.15, 0.2) is 12.3 Å². The number of hydroxylamine groups is 2. The van der Waals surface area contributed by atoms with Crippen molar-refractivity contribution in [2.75, 3.05) is 39.4 Å². The fraction of sp³-hybridized carbons (Fsp3) is 0.464. The molecular weight excluding hydrogens is 596 g/mol. The summed E-state index contributed by atoms with van der Waals surface area (Å²) in [7, 11) is 0. The number of amides is 3. The van der Waals surface area contributed by atoms with Gasteiger partial charge < -0.3 is 40.1 Å². The molecule has 3 amide bonds. The van der Waals surface area contributed by atoms with Gasteiger partial charge in [-0.3, -0.25) is 19.2 Å². The summed E-state index contributed by atoms with van der Waals surface area (Å²) in [4.78, 5) is 79.8. The van der Waals surface area contributed by atoms with Gasteiger partial charge >= 0.3 is 18.1 Å². The summed E-state index contributed by atoms with van der Waals surface area (Å²) in [5, 5.41) is 29.0. The molecule has 0 aliphatic carbocycles. The summed E-state index contributed by atoms with van der Waals surface area (Å²) < 4.78 is 11.6. The highest BCUT2D eigenvalue weighted by molar-refractivity contribution is 5.96. The van der Waals surface area contributed by atoms with Crippen molar-refractivity contribution in [1.29, 1.82) is 0 Å². The Bertz CT molecular complexity index is 1390. The lowest BCUT2D eigenvalue weighted by Gasteiger charge is -2.35. The largest absolute Gasteiger partial charge is 0.527 e. The normalized spacial score (nSPS) is 14.2. The highest BCUT2D eigenvalue weighted by Gasteiger charge is 2.32. The molecule has 0 spiro atoms. The van der Waals surface area contributed by atoms with Crippen LogP contribution in [0.1, 0.15) is 44.1 Å². The molecule has 1 aromatic heterocycles. The lowest BCUT2D eigenvalue weighted by molar-refractivity contribution is -0.157. The van der Waals surface area contributed by atoms with Crippen molar-refractivity contribution in [3.8, 4) is 11.6 Å². The van der Waals surface area contributed by atoms with E-state index in [4.69, 9.17) is 14.3 Å². The molecule has 2 aromatic rings. The predicted molar refractivity (Wildman–Crippen MR) is 153 cm³/mol. The predicted octanol–water partition coefficient (Wildman–Crippen LogP) is 0.426. The highest BCUT2D eigenvalue weighted by atomic mass is 16.8. The van der Waals surface area contributed by atoms with Crippen molar-refractivity contribution in [3.05, 3.63) is 42.1 Å². The first-order valence-corrected chi connectivity index (χ1v) is 14.0. The van der Waals surface area contributed by atoms with Crippen LogP contribution in [0.15, 0.2) is 36.4 Å². The minimum atomic E-state index is -1.55. The van der Waals surface area contributed by atoms with E-state index in [1.165, 1.54) is 34.6 Å². The standard InChI is InChI=1S/C28H36N6O11/c1-4-43-27(42)45-33-14-12-32(13-15-33)25(39)19(10-11-23(36)37)29-24(38)20-16-22(34(31-20)18-8-6-5-7-9-18)44-17-21(35)30-28(2,3)26(40)41/h5-9,16,19H,4,10-15,17H2,1-3H3,(H,29,38)(H,30,35)(H,36,37)(H,40,41)/t19-/m0/s1. The van der Waals surface area contributed by atoms with Crippen molar-refractivity contribution in [2.24, 2.45) is 0 Å². The molecule has 3 rings (SSSR count). The number of para-hydroxylation sites is 1. The molecule has 45 heavy (non-hydrogen) atoms. The number of nitrogens with one attached hydrogen (secondary N) is 2. The van der Waals surface area contributed by atoms with Crippen molar-refractivity contribution < 1.29 is 53.3 Å². The molecule has 0 saturated carbocycles. The molecule has 17 heteroatoms. The number of piperazine rings is 1. The maximum atomic E-state index is 13.4. The van der Waals surface area contributed by atoms with E-state index in [1.54, 1.807) is 37.3 Å². The van der Waals surface area contributed by atoms with Crippen LogP contribution in [-0.4, -0.2) is 117 Å². The number of nitrogens with zero attached hydrogens (tertiary/aromatic N) is 4. The molecule has 4 N–H and O–H groups in total. The van der Waals surface area contributed by atoms with Gasteiger partial charge in [-0.25, -0.2) is 14.3 Å². The Hall–Kier alpha value is -5.19. The molecular formula is C28H36N6O11. The quantitative estimate of drug-likeness (QED) is 0.208. The molecule has 1 aliphatic rings. The Morgan fingerprint density at radius 3 is 2.29 bits per heavy atom. The van der Waals surface area contributed by atoms with Crippen LogP contribution >= 0.6 is 0 Å². The molecule has 0 bridgehead atoms. The smallest absolute Gasteiger partial charge is 0.481 e. The third-order valence-electron chi connectivity index (χ3n) is 6.51. The van der Waals surface area contributed by atoms with Crippen LogP contribution in [0.25, 0.3) is 5.69 Å². The number of ether oxygens (including phenoxy) is 2. The third-order valence-corrected chi connectivity index (χ3v) is 6.51. The van der Waals surface area contributed by atoms with Crippen molar-refractivity contribution in [1.82, 2.24) is 30.4 Å². The zero-order chi connectivity index (χ0) is 33.1. The molecule has 244 valence electrons. The number of rotatable bonds is 14. The van der Waals surface area contributed by atoms with E-state index in [1.807, 2.05) is 0 Å². The van der Waals surface area contributed by atoms with Crippen LogP contribution in [0, 0.1) is 0 Å². The summed E-state index contributed by atoms with van der Waals surface area (Å²) in [6.45, 7) is 4.41. The number of hydrogen-bond acceptors (Lipinski definition) is 11. The molecule has 1 fully saturated rings. The fourth-order valence-corrected chi connectivity index (χ4v) is 4.14. The van der Waals surface area contributed by atoms with E-state index in [-0.39, 0.29) is 50.8 Å². The number of aliphatic carboxylic acids is 2. The van der Waals surface area contributed by atoms with Crippen LogP contribution in [0.5, 0.6) is 5.88 Å². The molecule has 1 aliphatic heterocycles. The minimum absolute atomic E-state index is 0.0271. The van der Waals surface area contributed by atoms with Crippen LogP contribution in [-0.2, 0) is 28.8 Å². The number of carboxylic acids is 2. The van der Waals surface area contributed by atoms with Gasteiger partial charge in [-0.05, 0) is 39.3 Å². The lowest BCUT2D eigenvalue weighted by Crippen LogP contribution is -2.55. The Morgan fingerprint density at radius 1 is 1.02 bits per heavy atom. The lowest BCUT2D eigenvalue weighted by atomic mass is 10.1. The first-order chi connectivity index (χ1) is 21.3. The van der Waals surface area contributed by atoms with Gasteiger partial charge in [-0.2, -0.15) is 5.10 Å². The molecule has 17 nitrogen and oxygen atoms in total. The molecule has 1 aromatic carbocycles. The summed E-state index contributed by atoms with van der Waals surface area (Å²) in [5.41, 5.74) is -1.27. The maximum Gasteiger partial charge on any atom is 0.527 e. The van der Waals surface area contributed by atoms with Crippen molar-refractivity contribution in [2.45, 2.75) is 45.2 Å². The first-order valence-electron chi connectivity index (χ1n) is 14.0. The zero-order valence-corrected chi connectivity index (χ0v) is 25.1. The Morgan fingerprint density at radius 2 is 1.69 bits per heavy atom. The average molecular weight is 633 g/mol. The first kappa shape index (κ1) is 34.3. The SMILES string of the molecule is CCOC(=O)ON1CCN(C(=O)[C@H](CCC(=O)O)NC(=O)c2cc(OCC(=O)NC(C)(C)C(=O)O)n(-c3ccccc3)n2)CC1. The summed E-state index contributed by atoms with van der Waals surface area (Å²) in [5.74, 6) is -4.51.